The van der Waals surface area contributed by atoms with E-state index in [4.69, 9.17) is 10.0 Å². The maximum absolute atomic E-state index is 7.37. The first-order chi connectivity index (χ1) is 4.62. The van der Waals surface area contributed by atoms with Crippen molar-refractivity contribution in [2.45, 2.75) is 19.5 Å². The van der Waals surface area contributed by atoms with Crippen molar-refractivity contribution in [2.24, 2.45) is 0 Å². The van der Waals surface area contributed by atoms with E-state index in [2.05, 4.69) is 0 Å². The van der Waals surface area contributed by atoms with Gasteiger partial charge in [0.15, 0.2) is 8.97 Å². The zero-order chi connectivity index (χ0) is 8.62. The van der Waals surface area contributed by atoms with Crippen LogP contribution >= 0.6 is 0 Å². The lowest BCUT2D eigenvalue weighted by atomic mass is 11.0. The van der Waals surface area contributed by atoms with Crippen molar-refractivity contribution in [3.8, 4) is 0 Å². The zero-order valence-electron chi connectivity index (χ0n) is 8.32. The smallest absolute Gasteiger partial charge is 0.173 e. The average molecular weight is 114 g/mol. The molecule has 0 aromatic carbocycles. The maximum Gasteiger partial charge on any atom is 0.173 e. The van der Waals surface area contributed by atoms with E-state index in [9.17, 15) is 0 Å². The molecule has 0 radical (unpaired) electrons. The van der Waals surface area contributed by atoms with Crippen LogP contribution in [-0.4, -0.2) is 17.3 Å². The van der Waals surface area contributed by atoms with Gasteiger partial charge in [0.25, 0.3) is 0 Å². The van der Waals surface area contributed by atoms with E-state index >= 15 is 0 Å². The van der Waals surface area contributed by atoms with E-state index in [1.165, 1.54) is 0 Å². The summed E-state index contributed by atoms with van der Waals surface area (Å²) in [5, 5.41) is 0. The Morgan fingerprint density at radius 1 is 2.50 bits per heavy atom. The molecule has 1 nitrogen and oxygen atoms in total. The first-order valence-corrected chi connectivity index (χ1v) is 4.08. The summed E-state index contributed by atoms with van der Waals surface area (Å²) < 4.78 is 29.0. The second-order valence-corrected chi connectivity index (χ2v) is 3.47. The van der Waals surface area contributed by atoms with Gasteiger partial charge in [-0.1, -0.05) is 6.90 Å². The minimum Gasteiger partial charge on any atom is -0.423 e. The highest BCUT2D eigenvalue weighted by atomic mass is 28.3. The summed E-state index contributed by atoms with van der Waals surface area (Å²) in [6.07, 6.45) is 0. The molecule has 1 unspecified atom stereocenters. The van der Waals surface area contributed by atoms with E-state index < -0.39 is 8.97 Å². The Morgan fingerprint density at radius 2 is 3.17 bits per heavy atom. The van der Waals surface area contributed by atoms with Gasteiger partial charge in [0.05, 0.1) is 0 Å². The van der Waals surface area contributed by atoms with Gasteiger partial charge in [-0.25, -0.2) is 0 Å². The summed E-state index contributed by atoms with van der Waals surface area (Å²) in [7, 11) is -0.564. The van der Waals surface area contributed by atoms with Crippen LogP contribution in [0.15, 0.2) is 0 Å². The van der Waals surface area contributed by atoms with Crippen LogP contribution in [-0.2, 0) is 4.43 Å². The van der Waals surface area contributed by atoms with Gasteiger partial charge in [0, 0.05) is 12.7 Å². The van der Waals surface area contributed by atoms with Crippen LogP contribution in [0.1, 0.15) is 11.2 Å². The van der Waals surface area contributed by atoms with E-state index in [1.54, 1.807) is 13.7 Å². The standard InChI is InChI=1S/C4H12OSi.H2/c1-4-6(3)5-2;/h6H,4H2,1-3H3;1H/i1T,6T;1+2T. The predicted molar refractivity (Wildman–Crippen MR) is 32.6 cm³/mol. The molecule has 0 bridgehead atoms. The first kappa shape index (κ1) is 2.48. The fourth-order valence-corrected chi connectivity index (χ4v) is 0.306. The maximum atomic E-state index is 7.37. The molecule has 0 amide bonds. The van der Waals surface area contributed by atoms with Gasteiger partial charge < -0.3 is 4.43 Å². The molecule has 0 aliphatic carbocycles. The van der Waals surface area contributed by atoms with Crippen molar-refractivity contribution >= 4 is 8.97 Å². The van der Waals surface area contributed by atoms with Crippen molar-refractivity contribution < 1.29 is 8.77 Å². The van der Waals surface area contributed by atoms with Gasteiger partial charge in [0.1, 0.15) is 0 Å². The summed E-state index contributed by atoms with van der Waals surface area (Å²) in [6, 6.07) is 0.615. The molecular weight excluding hydrogens is 92.1 g/mol. The third kappa shape index (κ3) is 2.42. The molecule has 0 saturated heterocycles. The lowest BCUT2D eigenvalue weighted by Gasteiger charge is -1.98. The van der Waals surface area contributed by atoms with Crippen molar-refractivity contribution in [3.05, 3.63) is 0 Å². The Labute approximate surface area is 46.8 Å². The minimum atomic E-state index is -2.11. The van der Waals surface area contributed by atoms with E-state index in [-0.39, 0.29) is 0 Å². The average Bonchev–Trinajstić information content (AvgIpc) is 1.93. The van der Waals surface area contributed by atoms with Crippen LogP contribution in [0, 0.1) is 0 Å². The van der Waals surface area contributed by atoms with Crippen LogP contribution in [0.25, 0.3) is 0 Å². The molecule has 0 N–H and O–H groups in total. The highest BCUT2D eigenvalue weighted by molar-refractivity contribution is 6.49. The number of rotatable bonds is 2. The fraction of sp³-hybridized carbons (Fsp3) is 1.00. The van der Waals surface area contributed by atoms with Gasteiger partial charge in [0.2, 0.25) is 0 Å². The third-order valence-corrected chi connectivity index (χ3v) is 2.10. The molecule has 0 rings (SSSR count). The van der Waals surface area contributed by atoms with Crippen LogP contribution in [0.5, 0.6) is 0 Å². The normalized spacial score (nSPS) is 25.7. The Kier molecular flexibility index (Phi) is 1.39. The molecule has 0 heterocycles. The molecule has 0 aliphatic heterocycles. The SMILES string of the molecule is [3H]CC[Si]([3H])(C)OC.[3H][3H]. The van der Waals surface area contributed by atoms with Crippen molar-refractivity contribution in [1.82, 2.24) is 0 Å². The largest absolute Gasteiger partial charge is 0.423 e. The monoisotopic (exact) mass is 114 g/mol. The van der Waals surface area contributed by atoms with Crippen molar-refractivity contribution in [3.63, 3.8) is 0 Å². The predicted octanol–water partition coefficient (Wildman–Crippen LogP) is 1.25. The molecule has 0 aromatic heterocycles. The van der Waals surface area contributed by atoms with Crippen molar-refractivity contribution in [1.29, 1.82) is 1.23 Å². The molecule has 0 fully saturated rings. The molecule has 0 aromatic rings. The number of hydrogen-bond acceptors (Lipinski definition) is 1. The Hall–Kier alpha value is 0.177. The molecule has 0 saturated carbocycles. The van der Waals surface area contributed by atoms with Gasteiger partial charge in [-0.15, -0.1) is 0 Å². The lowest BCUT2D eigenvalue weighted by molar-refractivity contribution is 0.425. The van der Waals surface area contributed by atoms with E-state index in [1.807, 2.05) is 0 Å². The van der Waals surface area contributed by atoms with E-state index in [0.29, 0.717) is 12.9 Å². The van der Waals surface area contributed by atoms with Gasteiger partial charge in [-0.3, -0.25) is 0 Å². The molecule has 1 atom stereocenters. The lowest BCUT2D eigenvalue weighted by Crippen LogP contribution is -2.06. The fourth-order valence-electron chi connectivity index (χ4n) is 0.102. The summed E-state index contributed by atoms with van der Waals surface area (Å²) in [5.41, 5.74) is 0. The molecule has 6 heavy (non-hydrogen) atoms. The van der Waals surface area contributed by atoms with Crippen LogP contribution in [0.2, 0.25) is 12.6 Å². The Balaban J connectivity index is 0. The Morgan fingerprint density at radius 3 is 3.33 bits per heavy atom. The highest BCUT2D eigenvalue weighted by Crippen LogP contribution is 1.86. The van der Waals surface area contributed by atoms with Crippen LogP contribution in [0.3, 0.4) is 0 Å². The quantitative estimate of drug-likeness (QED) is 0.491. The molecule has 0 aliphatic rings. The van der Waals surface area contributed by atoms with Crippen LogP contribution < -0.4 is 0 Å². The van der Waals surface area contributed by atoms with Crippen LogP contribution in [0.4, 0.5) is 0 Å². The molecule has 0 spiro atoms. The molecular formula is C4H14OSi. The minimum absolute atomic E-state index is 0.320. The highest BCUT2D eigenvalue weighted by Gasteiger charge is 1.92. The summed E-state index contributed by atoms with van der Waals surface area (Å²) in [4.78, 5) is 0. The molecule has 40 valence electrons. The summed E-state index contributed by atoms with van der Waals surface area (Å²) >= 11 is 0. The zero-order valence-corrected chi connectivity index (χ0v) is 5.32. The summed E-state index contributed by atoms with van der Waals surface area (Å²) in [6.45, 7) is 2.11. The van der Waals surface area contributed by atoms with Gasteiger partial charge in [-0.05, 0) is 12.6 Å². The topological polar surface area (TPSA) is 9.23 Å². The molecule has 2 heteroatoms. The van der Waals surface area contributed by atoms with Gasteiger partial charge >= 0.3 is 0 Å². The Bertz CT molecular complexity index is 70.3. The second kappa shape index (κ2) is 3.37. The van der Waals surface area contributed by atoms with Gasteiger partial charge in [-0.2, -0.15) is 0 Å². The number of hydrogen-bond donors (Lipinski definition) is 0. The second-order valence-electron chi connectivity index (χ2n) is 1.16. The first-order valence-electron chi connectivity index (χ1n) is 4.17. The van der Waals surface area contributed by atoms with Crippen molar-refractivity contribution in [2.75, 3.05) is 7.11 Å². The van der Waals surface area contributed by atoms with E-state index in [0.717, 1.165) is 0 Å². The third-order valence-electron chi connectivity index (χ3n) is 0.701. The summed E-state index contributed by atoms with van der Waals surface area (Å²) in [5.74, 6) is 0.